The highest BCUT2D eigenvalue weighted by molar-refractivity contribution is 5.85. The third-order valence-corrected chi connectivity index (χ3v) is 4.40. The number of anilines is 1. The van der Waals surface area contributed by atoms with Gasteiger partial charge in [0.2, 0.25) is 0 Å². The second kappa shape index (κ2) is 6.46. The van der Waals surface area contributed by atoms with Crippen LogP contribution < -0.4 is 5.32 Å². The molecule has 0 atom stereocenters. The summed E-state index contributed by atoms with van der Waals surface area (Å²) < 4.78 is 42.2. The van der Waals surface area contributed by atoms with E-state index in [1.165, 1.54) is 16.5 Å². The molecule has 0 bridgehead atoms. The maximum absolute atomic E-state index is 13.6. The summed E-state index contributed by atoms with van der Waals surface area (Å²) in [6, 6.07) is 15.8. The van der Waals surface area contributed by atoms with Crippen LogP contribution in [0.15, 0.2) is 54.6 Å². The molecule has 2 aromatic heterocycles. The van der Waals surface area contributed by atoms with E-state index in [0.29, 0.717) is 11.0 Å². The standard InChI is InChI=1S/C20H13F3N4O/c21-20(22,23)15-9-18(25-11-12-5-7-13(28)8-6-12)27-17-4-2-1-3-16(17)26-19(27)14(15)10-24/h1-9,25,28H,11H2. The molecule has 0 aliphatic rings. The molecule has 0 fully saturated rings. The van der Waals surface area contributed by atoms with Gasteiger partial charge in [-0.3, -0.25) is 4.40 Å². The number of rotatable bonds is 3. The Labute approximate surface area is 157 Å². The summed E-state index contributed by atoms with van der Waals surface area (Å²) in [5, 5.41) is 21.7. The number of nitrogens with one attached hydrogen (secondary N) is 1. The van der Waals surface area contributed by atoms with E-state index >= 15 is 0 Å². The monoisotopic (exact) mass is 382 g/mol. The summed E-state index contributed by atoms with van der Waals surface area (Å²) in [4.78, 5) is 4.25. The highest BCUT2D eigenvalue weighted by Crippen LogP contribution is 2.37. The summed E-state index contributed by atoms with van der Waals surface area (Å²) >= 11 is 0. The van der Waals surface area contributed by atoms with Crippen LogP contribution in [0.2, 0.25) is 0 Å². The summed E-state index contributed by atoms with van der Waals surface area (Å²) in [5.74, 6) is 0.271. The zero-order chi connectivity index (χ0) is 19.9. The van der Waals surface area contributed by atoms with Crippen molar-refractivity contribution in [1.29, 1.82) is 5.26 Å². The summed E-state index contributed by atoms with van der Waals surface area (Å²) in [6.45, 7) is 0.227. The van der Waals surface area contributed by atoms with Gasteiger partial charge in [0.25, 0.3) is 0 Å². The van der Waals surface area contributed by atoms with Gasteiger partial charge >= 0.3 is 6.18 Å². The van der Waals surface area contributed by atoms with Crippen molar-refractivity contribution >= 4 is 22.5 Å². The average Bonchev–Trinajstić information content (AvgIpc) is 3.06. The smallest absolute Gasteiger partial charge is 0.417 e. The minimum Gasteiger partial charge on any atom is -0.508 e. The number of phenolic OH excluding ortho intramolecular Hbond substituents is 1. The van der Waals surface area contributed by atoms with E-state index < -0.39 is 17.3 Å². The lowest BCUT2D eigenvalue weighted by Crippen LogP contribution is -2.13. The number of hydrogen-bond acceptors (Lipinski definition) is 4. The molecule has 2 N–H and O–H groups in total. The largest absolute Gasteiger partial charge is 0.508 e. The Balaban J connectivity index is 1.92. The molecule has 0 aliphatic carbocycles. The summed E-state index contributed by atoms with van der Waals surface area (Å²) in [6.07, 6.45) is -4.69. The zero-order valence-corrected chi connectivity index (χ0v) is 14.3. The molecule has 0 aliphatic heterocycles. The molecule has 0 amide bonds. The van der Waals surface area contributed by atoms with Crippen LogP contribution in [-0.2, 0) is 12.7 Å². The molecule has 4 aromatic rings. The number of alkyl halides is 3. The fourth-order valence-corrected chi connectivity index (χ4v) is 3.10. The number of para-hydroxylation sites is 2. The zero-order valence-electron chi connectivity index (χ0n) is 14.3. The number of pyridine rings is 1. The summed E-state index contributed by atoms with van der Waals surface area (Å²) in [5.41, 5.74) is 0.256. The van der Waals surface area contributed by atoms with Gasteiger partial charge in [-0.25, -0.2) is 4.98 Å². The number of nitrogens with zero attached hydrogens (tertiary/aromatic N) is 3. The van der Waals surface area contributed by atoms with Gasteiger partial charge in [-0.1, -0.05) is 24.3 Å². The number of benzene rings is 2. The first-order valence-electron chi connectivity index (χ1n) is 8.32. The van der Waals surface area contributed by atoms with Gasteiger partial charge in [-0.2, -0.15) is 18.4 Å². The molecule has 4 rings (SSSR count). The number of phenols is 1. The second-order valence-corrected chi connectivity index (χ2v) is 6.21. The van der Waals surface area contributed by atoms with Gasteiger partial charge in [0.05, 0.1) is 16.6 Å². The lowest BCUT2D eigenvalue weighted by molar-refractivity contribution is -0.137. The first-order chi connectivity index (χ1) is 13.4. The Morgan fingerprint density at radius 3 is 2.50 bits per heavy atom. The molecule has 28 heavy (non-hydrogen) atoms. The van der Waals surface area contributed by atoms with Crippen LogP contribution in [0.25, 0.3) is 16.7 Å². The highest BCUT2D eigenvalue weighted by Gasteiger charge is 2.36. The predicted octanol–water partition coefficient (Wildman–Crippen LogP) is 4.70. The molecule has 0 saturated carbocycles. The van der Waals surface area contributed by atoms with E-state index in [-0.39, 0.29) is 23.8 Å². The Hall–Kier alpha value is -3.73. The van der Waals surface area contributed by atoms with Gasteiger partial charge in [-0.15, -0.1) is 0 Å². The number of nitriles is 1. The van der Waals surface area contributed by atoms with Gasteiger partial charge in [0, 0.05) is 6.54 Å². The van der Waals surface area contributed by atoms with E-state index in [0.717, 1.165) is 11.6 Å². The molecular formula is C20H13F3N4O. The van der Waals surface area contributed by atoms with E-state index in [2.05, 4.69) is 10.3 Å². The maximum atomic E-state index is 13.6. The molecule has 2 heterocycles. The Kier molecular flexibility index (Phi) is 4.08. The van der Waals surface area contributed by atoms with Crippen LogP contribution in [-0.4, -0.2) is 14.5 Å². The topological polar surface area (TPSA) is 73.3 Å². The predicted molar refractivity (Wildman–Crippen MR) is 97.8 cm³/mol. The Morgan fingerprint density at radius 1 is 1.11 bits per heavy atom. The lowest BCUT2D eigenvalue weighted by Gasteiger charge is -2.15. The van der Waals surface area contributed by atoms with Gasteiger partial charge in [0.15, 0.2) is 5.65 Å². The number of hydrogen-bond donors (Lipinski definition) is 2. The number of aromatic hydroxyl groups is 1. The van der Waals surface area contributed by atoms with Gasteiger partial charge < -0.3 is 10.4 Å². The minimum absolute atomic E-state index is 0.0493. The number of aromatic nitrogens is 2. The van der Waals surface area contributed by atoms with Crippen LogP contribution in [0.5, 0.6) is 5.75 Å². The normalized spacial score (nSPS) is 11.6. The van der Waals surface area contributed by atoms with Crippen LogP contribution in [0.1, 0.15) is 16.7 Å². The van der Waals surface area contributed by atoms with Crippen molar-refractivity contribution in [3.05, 3.63) is 71.3 Å². The molecule has 0 radical (unpaired) electrons. The van der Waals surface area contributed by atoms with Crippen LogP contribution in [0.4, 0.5) is 19.0 Å². The molecule has 140 valence electrons. The Bertz CT molecular complexity index is 1220. The second-order valence-electron chi connectivity index (χ2n) is 6.21. The van der Waals surface area contributed by atoms with Crippen LogP contribution in [0.3, 0.4) is 0 Å². The van der Waals surface area contributed by atoms with E-state index in [1.807, 2.05) is 0 Å². The Morgan fingerprint density at radius 2 is 1.82 bits per heavy atom. The van der Waals surface area contributed by atoms with Crippen LogP contribution in [0, 0.1) is 11.3 Å². The average molecular weight is 382 g/mol. The molecule has 0 unspecified atom stereocenters. The molecule has 2 aromatic carbocycles. The third-order valence-electron chi connectivity index (χ3n) is 4.40. The number of halogens is 3. The molecule has 8 heteroatoms. The highest BCUT2D eigenvalue weighted by atomic mass is 19.4. The molecule has 0 saturated heterocycles. The SMILES string of the molecule is N#Cc1c(C(F)(F)F)cc(NCc2ccc(O)cc2)n2c1nc1ccccc12. The van der Waals surface area contributed by atoms with Crippen molar-refractivity contribution in [3.63, 3.8) is 0 Å². The number of fused-ring (bicyclic) bond motifs is 3. The van der Waals surface area contributed by atoms with Crippen molar-refractivity contribution in [2.45, 2.75) is 12.7 Å². The van der Waals surface area contributed by atoms with E-state index in [4.69, 9.17) is 0 Å². The molecule has 0 spiro atoms. The van der Waals surface area contributed by atoms with E-state index in [9.17, 15) is 23.5 Å². The van der Waals surface area contributed by atoms with Crippen molar-refractivity contribution in [1.82, 2.24) is 9.38 Å². The molecule has 5 nitrogen and oxygen atoms in total. The quantitative estimate of drug-likeness (QED) is 0.539. The van der Waals surface area contributed by atoms with Crippen molar-refractivity contribution in [2.75, 3.05) is 5.32 Å². The summed E-state index contributed by atoms with van der Waals surface area (Å²) in [7, 11) is 0. The fourth-order valence-electron chi connectivity index (χ4n) is 3.10. The van der Waals surface area contributed by atoms with Gasteiger partial charge in [-0.05, 0) is 35.9 Å². The molecular weight excluding hydrogens is 369 g/mol. The van der Waals surface area contributed by atoms with Crippen molar-refractivity contribution < 1.29 is 18.3 Å². The van der Waals surface area contributed by atoms with Gasteiger partial charge in [0.1, 0.15) is 23.2 Å². The van der Waals surface area contributed by atoms with E-state index in [1.54, 1.807) is 42.5 Å². The first-order valence-corrected chi connectivity index (χ1v) is 8.32. The maximum Gasteiger partial charge on any atom is 0.417 e. The van der Waals surface area contributed by atoms with Crippen LogP contribution >= 0.6 is 0 Å². The van der Waals surface area contributed by atoms with Crippen molar-refractivity contribution in [3.8, 4) is 11.8 Å². The number of imidazole rings is 1. The fraction of sp³-hybridized carbons (Fsp3) is 0.100. The van der Waals surface area contributed by atoms with Crippen molar-refractivity contribution in [2.24, 2.45) is 0 Å². The minimum atomic E-state index is -4.69. The lowest BCUT2D eigenvalue weighted by atomic mass is 10.1. The first kappa shape index (κ1) is 17.7. The third kappa shape index (κ3) is 2.97.